The van der Waals surface area contributed by atoms with Gasteiger partial charge in [-0.25, -0.2) is 18.0 Å². The normalized spacial score (nSPS) is 10.3. The van der Waals surface area contributed by atoms with Gasteiger partial charge >= 0.3 is 5.97 Å². The zero-order valence-electron chi connectivity index (χ0n) is 11.1. The Morgan fingerprint density at radius 1 is 1.14 bits per heavy atom. The van der Waals surface area contributed by atoms with Crippen LogP contribution in [0.5, 0.6) is 0 Å². The predicted molar refractivity (Wildman–Crippen MR) is 71.4 cm³/mol. The third kappa shape index (κ3) is 3.34. The van der Waals surface area contributed by atoms with E-state index in [0.717, 1.165) is 24.3 Å². The summed E-state index contributed by atoms with van der Waals surface area (Å²) < 4.78 is 44.8. The quantitative estimate of drug-likeness (QED) is 0.877. The molecule has 0 saturated carbocycles. The molecule has 0 bridgehead atoms. The smallest absolute Gasteiger partial charge is 0.339 e. The first-order valence-corrected chi connectivity index (χ1v) is 6.07. The highest BCUT2D eigenvalue weighted by atomic mass is 19.1. The minimum atomic E-state index is -0.724. The molecule has 0 heterocycles. The lowest BCUT2D eigenvalue weighted by atomic mass is 10.1. The number of halogens is 3. The molecule has 0 atom stereocenters. The van der Waals surface area contributed by atoms with Gasteiger partial charge in [0.05, 0.1) is 18.4 Å². The number of nitrogens with one attached hydrogen (secondary N) is 1. The van der Waals surface area contributed by atoms with Crippen LogP contribution in [0.3, 0.4) is 0 Å². The monoisotopic (exact) mass is 295 g/mol. The van der Waals surface area contributed by atoms with E-state index in [1.807, 2.05) is 0 Å². The molecular weight excluding hydrogens is 283 g/mol. The van der Waals surface area contributed by atoms with Crippen LogP contribution in [0.25, 0.3) is 0 Å². The second-order valence-corrected chi connectivity index (χ2v) is 4.24. The molecule has 2 aromatic rings. The minimum Gasteiger partial charge on any atom is -0.465 e. The number of hydrogen-bond acceptors (Lipinski definition) is 3. The van der Waals surface area contributed by atoms with Crippen molar-refractivity contribution >= 4 is 11.7 Å². The van der Waals surface area contributed by atoms with Crippen LogP contribution in [0, 0.1) is 17.5 Å². The highest BCUT2D eigenvalue weighted by Gasteiger charge is 2.14. The van der Waals surface area contributed by atoms with Crippen molar-refractivity contribution < 1.29 is 22.7 Å². The maximum atomic E-state index is 13.5. The van der Waals surface area contributed by atoms with Gasteiger partial charge in [0.25, 0.3) is 0 Å². The number of carbonyl (C=O) groups is 1. The zero-order valence-corrected chi connectivity index (χ0v) is 11.1. The van der Waals surface area contributed by atoms with Crippen LogP contribution < -0.4 is 5.32 Å². The second kappa shape index (κ2) is 6.30. The van der Waals surface area contributed by atoms with Gasteiger partial charge in [-0.05, 0) is 30.3 Å². The largest absolute Gasteiger partial charge is 0.465 e. The first-order valence-electron chi connectivity index (χ1n) is 6.07. The first-order chi connectivity index (χ1) is 10.0. The van der Waals surface area contributed by atoms with Crippen molar-refractivity contribution in [2.24, 2.45) is 0 Å². The lowest BCUT2D eigenvalue weighted by Crippen LogP contribution is -2.10. The Balaban J connectivity index is 2.27. The summed E-state index contributed by atoms with van der Waals surface area (Å²) in [4.78, 5) is 11.6. The van der Waals surface area contributed by atoms with Crippen LogP contribution in [0.4, 0.5) is 18.9 Å². The van der Waals surface area contributed by atoms with Gasteiger partial charge < -0.3 is 10.1 Å². The molecule has 0 amide bonds. The van der Waals surface area contributed by atoms with Crippen molar-refractivity contribution in [2.45, 2.75) is 6.54 Å². The Hall–Kier alpha value is -2.50. The fourth-order valence-corrected chi connectivity index (χ4v) is 1.84. The van der Waals surface area contributed by atoms with Gasteiger partial charge in [-0.15, -0.1) is 0 Å². The average Bonchev–Trinajstić information content (AvgIpc) is 2.46. The van der Waals surface area contributed by atoms with Gasteiger partial charge in [0.15, 0.2) is 0 Å². The standard InChI is InChI=1S/C15H12F3NO2/c1-21-15(20)10-6-5-9(16)7-14(10)19-8-11-12(17)3-2-4-13(11)18/h2-7,19H,8H2,1H3. The zero-order chi connectivity index (χ0) is 15.4. The van der Waals surface area contributed by atoms with Gasteiger partial charge in [-0.2, -0.15) is 0 Å². The van der Waals surface area contributed by atoms with E-state index in [-0.39, 0.29) is 23.4 Å². The highest BCUT2D eigenvalue weighted by molar-refractivity contribution is 5.95. The molecule has 0 radical (unpaired) electrons. The third-order valence-electron chi connectivity index (χ3n) is 2.90. The molecule has 2 aromatic carbocycles. The molecule has 1 N–H and O–H groups in total. The summed E-state index contributed by atoms with van der Waals surface area (Å²) in [6.45, 7) is -0.230. The topological polar surface area (TPSA) is 38.3 Å². The molecule has 0 fully saturated rings. The number of anilines is 1. The molecule has 0 aliphatic carbocycles. The Kier molecular flexibility index (Phi) is 4.47. The average molecular weight is 295 g/mol. The van der Waals surface area contributed by atoms with Gasteiger partial charge in [0, 0.05) is 12.1 Å². The molecule has 0 aliphatic rings. The summed E-state index contributed by atoms with van der Waals surface area (Å²) in [5, 5.41) is 2.65. The van der Waals surface area contributed by atoms with Crippen LogP contribution >= 0.6 is 0 Å². The van der Waals surface area contributed by atoms with Crippen LogP contribution in [0.15, 0.2) is 36.4 Å². The van der Waals surface area contributed by atoms with Crippen molar-refractivity contribution in [3.8, 4) is 0 Å². The number of ether oxygens (including phenoxy) is 1. The van der Waals surface area contributed by atoms with Crippen molar-refractivity contribution in [2.75, 3.05) is 12.4 Å². The van der Waals surface area contributed by atoms with Gasteiger partial charge in [0.1, 0.15) is 17.5 Å². The van der Waals surface area contributed by atoms with Crippen molar-refractivity contribution in [1.29, 1.82) is 0 Å². The summed E-state index contributed by atoms with van der Waals surface area (Å²) in [5.41, 5.74) is -0.0160. The number of rotatable bonds is 4. The lowest BCUT2D eigenvalue weighted by Gasteiger charge is -2.12. The lowest BCUT2D eigenvalue weighted by molar-refractivity contribution is 0.0602. The van der Waals surface area contributed by atoms with E-state index in [2.05, 4.69) is 10.1 Å². The molecule has 0 aliphatic heterocycles. The van der Waals surface area contributed by atoms with E-state index in [4.69, 9.17) is 0 Å². The molecule has 21 heavy (non-hydrogen) atoms. The number of esters is 1. The number of hydrogen-bond donors (Lipinski definition) is 1. The van der Waals surface area contributed by atoms with E-state index >= 15 is 0 Å². The molecule has 2 rings (SSSR count). The molecule has 3 nitrogen and oxygen atoms in total. The maximum Gasteiger partial charge on any atom is 0.339 e. The third-order valence-corrected chi connectivity index (χ3v) is 2.90. The number of benzene rings is 2. The molecule has 0 spiro atoms. The van der Waals surface area contributed by atoms with Crippen LogP contribution in [-0.2, 0) is 11.3 Å². The van der Waals surface area contributed by atoms with E-state index in [1.54, 1.807) is 0 Å². The summed E-state index contributed by atoms with van der Waals surface area (Å²) in [6, 6.07) is 6.88. The molecule has 0 unspecified atom stereocenters. The van der Waals surface area contributed by atoms with Crippen molar-refractivity contribution in [3.63, 3.8) is 0 Å². The van der Waals surface area contributed by atoms with Gasteiger partial charge in [-0.1, -0.05) is 6.07 Å². The minimum absolute atomic E-state index is 0.0793. The SMILES string of the molecule is COC(=O)c1ccc(F)cc1NCc1c(F)cccc1F. The Labute approximate surface area is 119 Å². The predicted octanol–water partition coefficient (Wildman–Crippen LogP) is 3.50. The molecule has 110 valence electrons. The number of methoxy groups -OCH3 is 1. The van der Waals surface area contributed by atoms with Crippen LogP contribution in [-0.4, -0.2) is 13.1 Å². The van der Waals surface area contributed by atoms with E-state index in [0.29, 0.717) is 0 Å². The molecule has 6 heteroatoms. The molecular formula is C15H12F3NO2. The highest BCUT2D eigenvalue weighted by Crippen LogP contribution is 2.20. The Morgan fingerprint density at radius 2 is 1.81 bits per heavy atom. The Bertz CT molecular complexity index is 654. The van der Waals surface area contributed by atoms with Crippen LogP contribution in [0.1, 0.15) is 15.9 Å². The second-order valence-electron chi connectivity index (χ2n) is 4.24. The van der Waals surface area contributed by atoms with Crippen molar-refractivity contribution in [3.05, 3.63) is 65.0 Å². The fourth-order valence-electron chi connectivity index (χ4n) is 1.84. The van der Waals surface area contributed by atoms with E-state index in [1.165, 1.54) is 19.2 Å². The van der Waals surface area contributed by atoms with Gasteiger partial charge in [-0.3, -0.25) is 0 Å². The van der Waals surface area contributed by atoms with Crippen molar-refractivity contribution in [1.82, 2.24) is 0 Å². The number of carbonyl (C=O) groups excluding carboxylic acids is 1. The summed E-state index contributed by atoms with van der Waals surface area (Å²) >= 11 is 0. The van der Waals surface area contributed by atoms with E-state index < -0.39 is 23.4 Å². The summed E-state index contributed by atoms with van der Waals surface area (Å²) in [7, 11) is 1.19. The maximum absolute atomic E-state index is 13.5. The summed E-state index contributed by atoms with van der Waals surface area (Å²) in [5.74, 6) is -2.71. The molecule has 0 aromatic heterocycles. The van der Waals surface area contributed by atoms with E-state index in [9.17, 15) is 18.0 Å². The first kappa shape index (κ1) is 14.9. The van der Waals surface area contributed by atoms with Gasteiger partial charge in [0.2, 0.25) is 0 Å². The summed E-state index contributed by atoms with van der Waals surface area (Å²) in [6.07, 6.45) is 0. The fraction of sp³-hybridized carbons (Fsp3) is 0.133. The van der Waals surface area contributed by atoms with Crippen LogP contribution in [0.2, 0.25) is 0 Å². The molecule has 0 saturated heterocycles. The Morgan fingerprint density at radius 3 is 2.43 bits per heavy atom.